The van der Waals surface area contributed by atoms with E-state index in [-0.39, 0.29) is 5.84 Å². The third-order valence-corrected chi connectivity index (χ3v) is 2.13. The molecule has 0 unspecified atom stereocenters. The molecule has 6 nitrogen and oxygen atoms in total. The Morgan fingerprint density at radius 1 is 1.47 bits per heavy atom. The Balaban J connectivity index is 2.70. The summed E-state index contributed by atoms with van der Waals surface area (Å²) in [5.74, 6) is 1.99. The Hall–Kier alpha value is -1.59. The van der Waals surface area contributed by atoms with E-state index in [4.69, 9.17) is 10.9 Å². The van der Waals surface area contributed by atoms with Gasteiger partial charge in [0, 0.05) is 19.3 Å². The molecule has 3 N–H and O–H groups in total. The Labute approximate surface area is 88.8 Å². The molecule has 0 aliphatic rings. The molecule has 0 atom stereocenters. The van der Waals surface area contributed by atoms with Crippen molar-refractivity contribution in [3.63, 3.8) is 0 Å². The van der Waals surface area contributed by atoms with E-state index in [9.17, 15) is 0 Å². The summed E-state index contributed by atoms with van der Waals surface area (Å²) in [6.07, 6.45) is 2.14. The maximum absolute atomic E-state index is 8.41. The molecule has 0 bridgehead atoms. The lowest BCUT2D eigenvalue weighted by Crippen LogP contribution is -2.16. The van der Waals surface area contributed by atoms with Crippen LogP contribution in [0.5, 0.6) is 0 Å². The largest absolute Gasteiger partial charge is 0.409 e. The van der Waals surface area contributed by atoms with E-state index in [1.807, 2.05) is 18.5 Å². The number of hydrogen-bond acceptors (Lipinski definition) is 4. The quantitative estimate of drug-likeness (QED) is 0.322. The molecule has 1 aromatic rings. The molecule has 1 aromatic heterocycles. The predicted molar refractivity (Wildman–Crippen MR) is 56.8 cm³/mol. The van der Waals surface area contributed by atoms with E-state index >= 15 is 0 Å². The van der Waals surface area contributed by atoms with Crippen LogP contribution >= 0.6 is 0 Å². The molecule has 6 heteroatoms. The number of amidine groups is 1. The van der Waals surface area contributed by atoms with Crippen LogP contribution < -0.4 is 5.73 Å². The lowest BCUT2D eigenvalue weighted by Gasteiger charge is -2.02. The van der Waals surface area contributed by atoms with Gasteiger partial charge in [0.1, 0.15) is 11.7 Å². The highest BCUT2D eigenvalue weighted by molar-refractivity contribution is 5.79. The number of oxime groups is 1. The Morgan fingerprint density at radius 2 is 2.20 bits per heavy atom. The van der Waals surface area contributed by atoms with Gasteiger partial charge in [0.25, 0.3) is 0 Å². The lowest BCUT2D eigenvalue weighted by molar-refractivity contribution is 0.316. The number of hydrogen-bond donors (Lipinski definition) is 2. The van der Waals surface area contributed by atoms with Crippen LogP contribution in [0.1, 0.15) is 31.9 Å². The summed E-state index contributed by atoms with van der Waals surface area (Å²) in [6, 6.07) is 0. The third-order valence-electron chi connectivity index (χ3n) is 2.13. The zero-order valence-corrected chi connectivity index (χ0v) is 9.14. The standard InChI is InChI=1S/C9H17N5O/c1-3-8-11-9(4-2)14(12-8)6-5-7(10)13-15/h15H,3-6H2,1-2H3,(H2,10,13). The molecule has 0 aliphatic heterocycles. The minimum atomic E-state index is 0.214. The fraction of sp³-hybridized carbons (Fsp3) is 0.667. The highest BCUT2D eigenvalue weighted by Gasteiger charge is 2.07. The molecule has 84 valence electrons. The molecule has 0 saturated heterocycles. The van der Waals surface area contributed by atoms with Crippen molar-refractivity contribution < 1.29 is 5.21 Å². The van der Waals surface area contributed by atoms with Crippen LogP contribution in [0.3, 0.4) is 0 Å². The Bertz CT molecular complexity index is 344. The van der Waals surface area contributed by atoms with E-state index in [1.165, 1.54) is 0 Å². The van der Waals surface area contributed by atoms with E-state index in [0.717, 1.165) is 24.5 Å². The van der Waals surface area contributed by atoms with E-state index in [2.05, 4.69) is 15.2 Å². The van der Waals surface area contributed by atoms with Gasteiger partial charge in [-0.2, -0.15) is 5.10 Å². The molecule has 0 amide bonds. The van der Waals surface area contributed by atoms with Crippen LogP contribution in [0, 0.1) is 0 Å². The molecule has 1 rings (SSSR count). The fourth-order valence-electron chi connectivity index (χ4n) is 1.29. The van der Waals surface area contributed by atoms with Crippen molar-refractivity contribution in [1.29, 1.82) is 0 Å². The maximum Gasteiger partial charge on any atom is 0.150 e. The van der Waals surface area contributed by atoms with Crippen LogP contribution in [0.15, 0.2) is 5.16 Å². The van der Waals surface area contributed by atoms with Gasteiger partial charge in [0.05, 0.1) is 6.54 Å². The summed E-state index contributed by atoms with van der Waals surface area (Å²) in [5, 5.41) is 15.6. The molecular formula is C9H17N5O. The molecule has 0 fully saturated rings. The minimum Gasteiger partial charge on any atom is -0.409 e. The summed E-state index contributed by atoms with van der Waals surface area (Å²) in [4.78, 5) is 4.36. The fourth-order valence-corrected chi connectivity index (χ4v) is 1.29. The smallest absolute Gasteiger partial charge is 0.150 e. The average molecular weight is 211 g/mol. The molecule has 0 spiro atoms. The van der Waals surface area contributed by atoms with Crippen molar-refractivity contribution in [1.82, 2.24) is 14.8 Å². The zero-order valence-electron chi connectivity index (χ0n) is 9.14. The van der Waals surface area contributed by atoms with Crippen molar-refractivity contribution in [3.05, 3.63) is 11.6 Å². The number of rotatable bonds is 5. The van der Waals surface area contributed by atoms with Gasteiger partial charge in [-0.25, -0.2) is 9.67 Å². The van der Waals surface area contributed by atoms with Crippen LogP contribution in [-0.4, -0.2) is 25.8 Å². The van der Waals surface area contributed by atoms with Crippen molar-refractivity contribution in [2.24, 2.45) is 10.9 Å². The van der Waals surface area contributed by atoms with Gasteiger partial charge in [-0.05, 0) is 0 Å². The number of aryl methyl sites for hydroxylation is 3. The highest BCUT2D eigenvalue weighted by atomic mass is 16.4. The second kappa shape index (κ2) is 5.33. The molecule has 0 saturated carbocycles. The van der Waals surface area contributed by atoms with Gasteiger partial charge < -0.3 is 10.9 Å². The van der Waals surface area contributed by atoms with Crippen LogP contribution in [0.2, 0.25) is 0 Å². The van der Waals surface area contributed by atoms with Gasteiger partial charge in [0.2, 0.25) is 0 Å². The van der Waals surface area contributed by atoms with Gasteiger partial charge in [-0.15, -0.1) is 0 Å². The third kappa shape index (κ3) is 2.93. The van der Waals surface area contributed by atoms with Crippen molar-refractivity contribution >= 4 is 5.84 Å². The maximum atomic E-state index is 8.41. The first kappa shape index (κ1) is 11.5. The molecule has 0 aromatic carbocycles. The van der Waals surface area contributed by atoms with Gasteiger partial charge in [-0.1, -0.05) is 19.0 Å². The zero-order chi connectivity index (χ0) is 11.3. The van der Waals surface area contributed by atoms with Gasteiger partial charge >= 0.3 is 0 Å². The monoisotopic (exact) mass is 211 g/mol. The normalized spacial score (nSPS) is 12.0. The van der Waals surface area contributed by atoms with E-state index in [1.54, 1.807) is 0 Å². The second-order valence-electron chi connectivity index (χ2n) is 3.22. The second-order valence-corrected chi connectivity index (χ2v) is 3.22. The van der Waals surface area contributed by atoms with Gasteiger partial charge in [-0.3, -0.25) is 0 Å². The highest BCUT2D eigenvalue weighted by Crippen LogP contribution is 2.01. The Kier molecular flexibility index (Phi) is 4.08. The summed E-state index contributed by atoms with van der Waals surface area (Å²) in [5.41, 5.74) is 5.39. The molecule has 1 heterocycles. The van der Waals surface area contributed by atoms with Gasteiger partial charge in [0.15, 0.2) is 5.82 Å². The lowest BCUT2D eigenvalue weighted by atomic mass is 10.4. The molecule has 15 heavy (non-hydrogen) atoms. The average Bonchev–Trinajstić information content (AvgIpc) is 2.68. The number of nitrogens with zero attached hydrogens (tertiary/aromatic N) is 4. The van der Waals surface area contributed by atoms with Crippen LogP contribution in [-0.2, 0) is 19.4 Å². The first-order valence-electron chi connectivity index (χ1n) is 5.10. The minimum absolute atomic E-state index is 0.214. The van der Waals surface area contributed by atoms with E-state index < -0.39 is 0 Å². The molecule has 0 radical (unpaired) electrons. The summed E-state index contributed by atoms with van der Waals surface area (Å²) < 4.78 is 1.82. The topological polar surface area (TPSA) is 89.3 Å². The Morgan fingerprint density at radius 3 is 2.73 bits per heavy atom. The number of nitrogens with two attached hydrogens (primary N) is 1. The van der Waals surface area contributed by atoms with E-state index in [0.29, 0.717) is 13.0 Å². The van der Waals surface area contributed by atoms with Crippen molar-refractivity contribution in [2.45, 2.75) is 39.7 Å². The first-order valence-corrected chi connectivity index (χ1v) is 5.10. The predicted octanol–water partition coefficient (Wildman–Crippen LogP) is 0.539. The summed E-state index contributed by atoms with van der Waals surface area (Å²) in [6.45, 7) is 4.65. The van der Waals surface area contributed by atoms with Crippen molar-refractivity contribution in [2.75, 3.05) is 0 Å². The molecular weight excluding hydrogens is 194 g/mol. The first-order chi connectivity index (χ1) is 7.21. The van der Waals surface area contributed by atoms with Crippen LogP contribution in [0.4, 0.5) is 0 Å². The number of aromatic nitrogens is 3. The SMILES string of the molecule is CCc1nc(CC)n(CCC(N)=NO)n1. The van der Waals surface area contributed by atoms with Crippen LogP contribution in [0.25, 0.3) is 0 Å². The van der Waals surface area contributed by atoms with Crippen molar-refractivity contribution in [3.8, 4) is 0 Å². The molecule has 0 aliphatic carbocycles. The summed E-state index contributed by atoms with van der Waals surface area (Å²) >= 11 is 0. The summed E-state index contributed by atoms with van der Waals surface area (Å²) in [7, 11) is 0.